The summed E-state index contributed by atoms with van der Waals surface area (Å²) in [5, 5.41) is 5.33. The van der Waals surface area contributed by atoms with Crippen LogP contribution in [0.25, 0.3) is 0 Å². The molecule has 2 heterocycles. The molecule has 1 atom stereocenters. The summed E-state index contributed by atoms with van der Waals surface area (Å²) in [4.78, 5) is 25.8. The fraction of sp³-hybridized carbons (Fsp3) is 0.556. The van der Waals surface area contributed by atoms with Crippen molar-refractivity contribution < 1.29 is 18.0 Å². The zero-order chi connectivity index (χ0) is 18.9. The largest absolute Gasteiger partial charge is 0.324 e. The van der Waals surface area contributed by atoms with Gasteiger partial charge in [-0.1, -0.05) is 26.7 Å². The number of carbonyl (C=O) groups excluding carboxylic acids is 2. The van der Waals surface area contributed by atoms with E-state index in [4.69, 9.17) is 0 Å². The maximum absolute atomic E-state index is 12.5. The van der Waals surface area contributed by atoms with Crippen molar-refractivity contribution in [2.45, 2.75) is 38.0 Å². The number of nitrogens with one attached hydrogen (secondary N) is 2. The number of sulfone groups is 1. The molecule has 3 rings (SSSR count). The molecule has 8 heteroatoms. The van der Waals surface area contributed by atoms with E-state index in [1.165, 1.54) is 12.1 Å². The molecule has 1 aromatic rings. The van der Waals surface area contributed by atoms with E-state index in [-0.39, 0.29) is 16.6 Å². The monoisotopic (exact) mass is 379 g/mol. The number of hydrogen-bond acceptors (Lipinski definition) is 4. The van der Waals surface area contributed by atoms with Crippen LogP contribution in [-0.2, 0) is 14.6 Å². The fourth-order valence-electron chi connectivity index (χ4n) is 3.91. The molecule has 0 aromatic heterocycles. The third-order valence-electron chi connectivity index (χ3n) is 5.39. The molecule has 1 saturated heterocycles. The van der Waals surface area contributed by atoms with Gasteiger partial charge in [-0.15, -0.1) is 0 Å². The van der Waals surface area contributed by atoms with Crippen LogP contribution in [0.2, 0.25) is 0 Å². The average Bonchev–Trinajstić information content (AvgIpc) is 3.06. The van der Waals surface area contributed by atoms with Crippen molar-refractivity contribution >= 4 is 33.2 Å². The average molecular weight is 379 g/mol. The van der Waals surface area contributed by atoms with Gasteiger partial charge in [0.15, 0.2) is 9.84 Å². The molecule has 2 aliphatic heterocycles. The number of carbonyl (C=O) groups is 2. The zero-order valence-electron chi connectivity index (χ0n) is 15.1. The van der Waals surface area contributed by atoms with Crippen LogP contribution in [0.5, 0.6) is 0 Å². The number of likely N-dealkylation sites (tertiary alicyclic amines) is 1. The zero-order valence-corrected chi connectivity index (χ0v) is 15.9. The van der Waals surface area contributed by atoms with Gasteiger partial charge in [-0.2, -0.15) is 0 Å². The normalized spacial score (nSPS) is 21.4. The van der Waals surface area contributed by atoms with Gasteiger partial charge in [0, 0.05) is 18.8 Å². The maximum atomic E-state index is 12.5. The van der Waals surface area contributed by atoms with E-state index in [1.807, 2.05) is 0 Å². The van der Waals surface area contributed by atoms with Gasteiger partial charge in [0.1, 0.15) is 5.75 Å². The molecule has 0 radical (unpaired) electrons. The first-order chi connectivity index (χ1) is 12.3. The van der Waals surface area contributed by atoms with Crippen LogP contribution in [0.1, 0.15) is 33.1 Å². The van der Waals surface area contributed by atoms with Gasteiger partial charge < -0.3 is 15.5 Å². The van der Waals surface area contributed by atoms with Crippen LogP contribution in [0.4, 0.5) is 16.2 Å². The Kier molecular flexibility index (Phi) is 5.22. The molecule has 0 saturated carbocycles. The summed E-state index contributed by atoms with van der Waals surface area (Å²) >= 11 is 0. The Bertz CT molecular complexity index is 818. The number of anilines is 2. The van der Waals surface area contributed by atoms with Crippen LogP contribution in [0.3, 0.4) is 0 Å². The van der Waals surface area contributed by atoms with Crippen LogP contribution < -0.4 is 10.6 Å². The minimum atomic E-state index is -3.67. The summed E-state index contributed by atoms with van der Waals surface area (Å²) in [6.45, 7) is 5.82. The van der Waals surface area contributed by atoms with Crippen molar-refractivity contribution in [3.63, 3.8) is 0 Å². The first-order valence-electron chi connectivity index (χ1n) is 9.06. The SMILES string of the molecule is CCC(CC)C1CCN(C(=O)Nc2ccc3c(c2)S(=O)(=O)CC(=O)N3)C1. The Balaban J connectivity index is 1.70. The van der Waals surface area contributed by atoms with Crippen LogP contribution >= 0.6 is 0 Å². The number of benzene rings is 1. The van der Waals surface area contributed by atoms with Crippen molar-refractivity contribution in [3.05, 3.63) is 18.2 Å². The third kappa shape index (κ3) is 3.70. The lowest BCUT2D eigenvalue weighted by Gasteiger charge is -2.22. The summed E-state index contributed by atoms with van der Waals surface area (Å²) in [7, 11) is -3.67. The Morgan fingerprint density at radius 2 is 2.08 bits per heavy atom. The van der Waals surface area contributed by atoms with Gasteiger partial charge in [0.25, 0.3) is 0 Å². The lowest BCUT2D eigenvalue weighted by atomic mass is 9.87. The Labute approximate surface area is 154 Å². The van der Waals surface area contributed by atoms with E-state index >= 15 is 0 Å². The molecule has 3 amide bonds. The number of nitrogens with zero attached hydrogens (tertiary/aromatic N) is 1. The summed E-state index contributed by atoms with van der Waals surface area (Å²) < 4.78 is 24.4. The van der Waals surface area contributed by atoms with E-state index in [1.54, 1.807) is 11.0 Å². The molecule has 1 aromatic carbocycles. The topological polar surface area (TPSA) is 95.6 Å². The van der Waals surface area contributed by atoms with E-state index in [2.05, 4.69) is 24.5 Å². The quantitative estimate of drug-likeness (QED) is 0.841. The minimum Gasteiger partial charge on any atom is -0.324 e. The number of amides is 3. The molecule has 142 valence electrons. The molecule has 1 unspecified atom stereocenters. The van der Waals surface area contributed by atoms with Crippen molar-refractivity contribution in [2.75, 3.05) is 29.5 Å². The number of hydrogen-bond donors (Lipinski definition) is 2. The van der Waals surface area contributed by atoms with Gasteiger partial charge in [-0.3, -0.25) is 4.79 Å². The molecule has 2 N–H and O–H groups in total. The lowest BCUT2D eigenvalue weighted by Crippen LogP contribution is -2.34. The molecular weight excluding hydrogens is 354 g/mol. The van der Waals surface area contributed by atoms with Crippen molar-refractivity contribution in [3.8, 4) is 0 Å². The number of urea groups is 1. The number of fused-ring (bicyclic) bond motifs is 1. The predicted molar refractivity (Wildman–Crippen MR) is 99.9 cm³/mol. The van der Waals surface area contributed by atoms with Gasteiger partial charge in [0.05, 0.1) is 10.6 Å². The van der Waals surface area contributed by atoms with Crippen molar-refractivity contribution in [1.29, 1.82) is 0 Å². The van der Waals surface area contributed by atoms with E-state index < -0.39 is 21.5 Å². The first kappa shape index (κ1) is 18.7. The van der Waals surface area contributed by atoms with Gasteiger partial charge in [0.2, 0.25) is 5.91 Å². The standard InChI is InChI=1S/C18H25N3O4S/c1-3-12(4-2)13-7-8-21(10-13)18(23)19-14-5-6-15-16(9-14)26(24,25)11-17(22)20-15/h5-6,9,12-13H,3-4,7-8,10-11H2,1-2H3,(H,19,23)(H,20,22). The fourth-order valence-corrected chi connectivity index (χ4v) is 5.25. The van der Waals surface area contributed by atoms with Crippen molar-refractivity contribution in [1.82, 2.24) is 4.90 Å². The van der Waals surface area contributed by atoms with Gasteiger partial charge in [-0.25, -0.2) is 13.2 Å². The molecule has 26 heavy (non-hydrogen) atoms. The lowest BCUT2D eigenvalue weighted by molar-refractivity contribution is -0.114. The predicted octanol–water partition coefficient (Wildman–Crippen LogP) is 2.70. The smallest absolute Gasteiger partial charge is 0.321 e. The van der Waals surface area contributed by atoms with E-state index in [9.17, 15) is 18.0 Å². The summed E-state index contributed by atoms with van der Waals surface area (Å²) in [5.74, 6) is 0.0413. The van der Waals surface area contributed by atoms with Crippen LogP contribution in [0, 0.1) is 11.8 Å². The molecule has 0 aliphatic carbocycles. The maximum Gasteiger partial charge on any atom is 0.321 e. The molecule has 0 bridgehead atoms. The van der Waals surface area contributed by atoms with Crippen molar-refractivity contribution in [2.24, 2.45) is 11.8 Å². The van der Waals surface area contributed by atoms with E-state index in [0.717, 1.165) is 25.8 Å². The highest BCUT2D eigenvalue weighted by Crippen LogP contribution is 2.31. The third-order valence-corrected chi connectivity index (χ3v) is 7.04. The summed E-state index contributed by atoms with van der Waals surface area (Å²) in [6.07, 6.45) is 3.24. The Morgan fingerprint density at radius 3 is 2.77 bits per heavy atom. The highest BCUT2D eigenvalue weighted by Gasteiger charge is 2.31. The van der Waals surface area contributed by atoms with E-state index in [0.29, 0.717) is 24.1 Å². The minimum absolute atomic E-state index is 0.0474. The van der Waals surface area contributed by atoms with Crippen LogP contribution in [-0.4, -0.2) is 44.1 Å². The first-order valence-corrected chi connectivity index (χ1v) is 10.7. The molecule has 2 aliphatic rings. The summed E-state index contributed by atoms with van der Waals surface area (Å²) in [6, 6.07) is 4.31. The Hall–Kier alpha value is -2.09. The van der Waals surface area contributed by atoms with Gasteiger partial charge >= 0.3 is 6.03 Å². The molecular formula is C18H25N3O4S. The Morgan fingerprint density at radius 1 is 1.35 bits per heavy atom. The second kappa shape index (κ2) is 7.26. The molecule has 7 nitrogen and oxygen atoms in total. The summed E-state index contributed by atoms with van der Waals surface area (Å²) in [5.41, 5.74) is 0.675. The highest BCUT2D eigenvalue weighted by atomic mass is 32.2. The number of rotatable bonds is 4. The molecule has 1 fully saturated rings. The second-order valence-corrected chi connectivity index (χ2v) is 8.98. The molecule has 0 spiro atoms. The second-order valence-electron chi connectivity index (χ2n) is 7.02. The van der Waals surface area contributed by atoms with Gasteiger partial charge in [-0.05, 0) is 36.5 Å². The highest BCUT2D eigenvalue weighted by molar-refractivity contribution is 7.92. The van der Waals surface area contributed by atoms with Crippen LogP contribution in [0.15, 0.2) is 23.1 Å².